The second kappa shape index (κ2) is 8.27. The highest BCUT2D eigenvalue weighted by molar-refractivity contribution is 7.90. The first kappa shape index (κ1) is 20.9. The number of hydrogen-bond donors (Lipinski definition) is 0. The molecule has 29 heavy (non-hydrogen) atoms. The number of benzene rings is 2. The van der Waals surface area contributed by atoms with Crippen LogP contribution in [0.25, 0.3) is 0 Å². The molecular weight excluding hydrogens is 408 g/mol. The quantitative estimate of drug-likeness (QED) is 0.518. The van der Waals surface area contributed by atoms with Crippen molar-refractivity contribution in [1.82, 2.24) is 4.57 Å². The maximum atomic E-state index is 13.5. The molecule has 0 bridgehead atoms. The lowest BCUT2D eigenvalue weighted by Crippen LogP contribution is -2.26. The van der Waals surface area contributed by atoms with Crippen LogP contribution in [-0.2, 0) is 16.4 Å². The lowest BCUT2D eigenvalue weighted by molar-refractivity contribution is 0.0998. The zero-order chi connectivity index (χ0) is 21.2. The first-order valence-corrected chi connectivity index (χ1v) is 11.2. The maximum Gasteiger partial charge on any atom is 0.264 e. The Labute approximate surface area is 175 Å². The molecule has 3 rings (SSSR count). The van der Waals surface area contributed by atoms with E-state index in [1.807, 2.05) is 17.7 Å². The van der Waals surface area contributed by atoms with Crippen LogP contribution in [0.1, 0.15) is 15.9 Å². The van der Waals surface area contributed by atoms with E-state index < -0.39 is 9.84 Å². The number of aryl methyl sites for hydroxylation is 1. The zero-order valence-electron chi connectivity index (χ0n) is 16.2. The second-order valence-corrected chi connectivity index (χ2v) is 9.12. The van der Waals surface area contributed by atoms with Crippen molar-refractivity contribution in [2.24, 2.45) is 0 Å². The Morgan fingerprint density at radius 3 is 2.38 bits per heavy atom. The van der Waals surface area contributed by atoms with Gasteiger partial charge in [-0.05, 0) is 48.9 Å². The number of carbonyl (C=O) groups is 1. The largest absolute Gasteiger partial charge is 0.349 e. The van der Waals surface area contributed by atoms with Gasteiger partial charge in [0.1, 0.15) is 0 Å². The van der Waals surface area contributed by atoms with E-state index in [0.717, 1.165) is 11.8 Å². The first-order valence-electron chi connectivity index (χ1n) is 8.88. The predicted octanol–water partition coefficient (Wildman–Crippen LogP) is 5.02. The number of amides is 1. The zero-order valence-corrected chi connectivity index (χ0v) is 17.7. The minimum Gasteiger partial charge on any atom is -0.349 e. The van der Waals surface area contributed by atoms with Gasteiger partial charge in [0.15, 0.2) is 9.84 Å². The van der Waals surface area contributed by atoms with Crippen LogP contribution in [0.3, 0.4) is 0 Å². The van der Waals surface area contributed by atoms with Crippen LogP contribution >= 0.6 is 11.6 Å². The van der Waals surface area contributed by atoms with E-state index >= 15 is 0 Å². The van der Waals surface area contributed by atoms with Crippen LogP contribution < -0.4 is 4.90 Å². The molecule has 0 fully saturated rings. The number of hydrogen-bond acceptors (Lipinski definition) is 3. The van der Waals surface area contributed by atoms with Crippen molar-refractivity contribution in [3.8, 4) is 0 Å². The molecule has 1 aromatic heterocycles. The van der Waals surface area contributed by atoms with Crippen LogP contribution in [0, 0.1) is 6.92 Å². The molecule has 0 saturated carbocycles. The van der Waals surface area contributed by atoms with Gasteiger partial charge in [0.2, 0.25) is 0 Å². The van der Waals surface area contributed by atoms with Crippen molar-refractivity contribution in [3.63, 3.8) is 0 Å². The van der Waals surface area contributed by atoms with Crippen molar-refractivity contribution < 1.29 is 13.2 Å². The van der Waals surface area contributed by atoms with Gasteiger partial charge in [-0.3, -0.25) is 9.69 Å². The summed E-state index contributed by atoms with van der Waals surface area (Å²) in [5.74, 6) is -0.259. The van der Waals surface area contributed by atoms with Gasteiger partial charge in [0, 0.05) is 30.9 Å². The van der Waals surface area contributed by atoms with Crippen molar-refractivity contribution in [3.05, 3.63) is 89.7 Å². The molecule has 1 amide bonds. The van der Waals surface area contributed by atoms with Gasteiger partial charge >= 0.3 is 0 Å². The van der Waals surface area contributed by atoms with Crippen molar-refractivity contribution in [2.75, 3.05) is 11.2 Å². The highest BCUT2D eigenvalue weighted by atomic mass is 35.5. The number of sulfone groups is 1. The standard InChI is InChI=1S/C22H21ClN2O3S/c1-4-13-24-14-16(2)19(15-24)22(26)25(21-8-6-5-7-20(21)23)17-9-11-18(12-10-17)29(3,27)28/h4-12,14-15H,1,13H2,2-3H3. The topological polar surface area (TPSA) is 59.4 Å². The summed E-state index contributed by atoms with van der Waals surface area (Å²) >= 11 is 6.39. The number of para-hydroxylation sites is 1. The molecule has 7 heteroatoms. The smallest absolute Gasteiger partial charge is 0.264 e. The van der Waals surface area contributed by atoms with Gasteiger partial charge in [-0.25, -0.2) is 8.42 Å². The van der Waals surface area contributed by atoms with Crippen LogP contribution in [0.2, 0.25) is 5.02 Å². The average Bonchev–Trinajstić information content (AvgIpc) is 3.04. The van der Waals surface area contributed by atoms with E-state index in [1.54, 1.807) is 48.7 Å². The fraction of sp³-hybridized carbons (Fsp3) is 0.136. The minimum atomic E-state index is -3.34. The van der Waals surface area contributed by atoms with Crippen LogP contribution in [0.5, 0.6) is 0 Å². The number of rotatable bonds is 6. The Kier molecular flexibility index (Phi) is 5.96. The molecule has 5 nitrogen and oxygen atoms in total. The molecule has 0 atom stereocenters. The third-order valence-electron chi connectivity index (χ3n) is 4.47. The number of nitrogens with zero attached hydrogens (tertiary/aromatic N) is 2. The third kappa shape index (κ3) is 4.44. The highest BCUT2D eigenvalue weighted by Gasteiger charge is 2.24. The monoisotopic (exact) mass is 428 g/mol. The van der Waals surface area contributed by atoms with Crippen molar-refractivity contribution >= 4 is 38.7 Å². The number of halogens is 1. The highest BCUT2D eigenvalue weighted by Crippen LogP contribution is 2.34. The lowest BCUT2D eigenvalue weighted by Gasteiger charge is -2.24. The van der Waals surface area contributed by atoms with Crippen molar-refractivity contribution in [2.45, 2.75) is 18.4 Å². The number of aromatic nitrogens is 1. The molecule has 0 aliphatic carbocycles. The Morgan fingerprint density at radius 1 is 1.14 bits per heavy atom. The van der Waals surface area contributed by atoms with Crippen LogP contribution in [0.15, 0.2) is 78.5 Å². The molecule has 3 aromatic rings. The molecule has 0 aliphatic heterocycles. The van der Waals surface area contributed by atoms with Gasteiger partial charge in [-0.15, -0.1) is 6.58 Å². The summed E-state index contributed by atoms with van der Waals surface area (Å²) in [6.07, 6.45) is 6.55. The molecule has 150 valence electrons. The molecular formula is C22H21ClN2O3S. The van der Waals surface area contributed by atoms with E-state index in [9.17, 15) is 13.2 Å². The summed E-state index contributed by atoms with van der Waals surface area (Å²) in [4.78, 5) is 15.2. The van der Waals surface area contributed by atoms with Gasteiger partial charge in [0.05, 0.1) is 21.2 Å². The molecule has 0 aliphatic rings. The molecule has 0 radical (unpaired) electrons. The fourth-order valence-electron chi connectivity index (χ4n) is 3.06. The summed E-state index contributed by atoms with van der Waals surface area (Å²) in [7, 11) is -3.34. The average molecular weight is 429 g/mol. The fourth-order valence-corrected chi connectivity index (χ4v) is 3.91. The van der Waals surface area contributed by atoms with E-state index in [4.69, 9.17) is 11.6 Å². The Morgan fingerprint density at radius 2 is 1.79 bits per heavy atom. The molecule has 0 N–H and O–H groups in total. The number of anilines is 2. The van der Waals surface area contributed by atoms with Gasteiger partial charge in [-0.2, -0.15) is 0 Å². The Hall–Kier alpha value is -2.83. The van der Waals surface area contributed by atoms with Gasteiger partial charge in [-0.1, -0.05) is 29.8 Å². The minimum absolute atomic E-state index is 0.182. The molecule has 2 aromatic carbocycles. The maximum absolute atomic E-state index is 13.5. The van der Waals surface area contributed by atoms with E-state index in [0.29, 0.717) is 28.5 Å². The van der Waals surface area contributed by atoms with E-state index in [1.165, 1.54) is 17.0 Å². The lowest BCUT2D eigenvalue weighted by atomic mass is 10.1. The first-order chi connectivity index (χ1) is 13.7. The van der Waals surface area contributed by atoms with Crippen LogP contribution in [-0.4, -0.2) is 25.1 Å². The van der Waals surface area contributed by atoms with Gasteiger partial charge in [0.25, 0.3) is 5.91 Å². The van der Waals surface area contributed by atoms with E-state index in [2.05, 4.69) is 6.58 Å². The second-order valence-electron chi connectivity index (χ2n) is 6.70. The SMILES string of the molecule is C=CCn1cc(C)c(C(=O)N(c2ccc(S(C)(=O)=O)cc2)c2ccccc2Cl)c1. The summed E-state index contributed by atoms with van der Waals surface area (Å²) < 4.78 is 25.5. The summed E-state index contributed by atoms with van der Waals surface area (Å²) in [5, 5.41) is 0.413. The Balaban J connectivity index is 2.13. The summed E-state index contributed by atoms with van der Waals surface area (Å²) in [6.45, 7) is 6.18. The third-order valence-corrected chi connectivity index (χ3v) is 5.92. The van der Waals surface area contributed by atoms with E-state index in [-0.39, 0.29) is 10.8 Å². The van der Waals surface area contributed by atoms with Crippen LogP contribution in [0.4, 0.5) is 11.4 Å². The normalized spacial score (nSPS) is 11.3. The Bertz CT molecular complexity index is 1170. The molecule has 0 saturated heterocycles. The molecule has 1 heterocycles. The number of carbonyl (C=O) groups excluding carboxylic acids is 1. The molecule has 0 unspecified atom stereocenters. The van der Waals surface area contributed by atoms with Crippen molar-refractivity contribution in [1.29, 1.82) is 0 Å². The van der Waals surface area contributed by atoms with Gasteiger partial charge < -0.3 is 4.57 Å². The molecule has 0 spiro atoms. The summed E-state index contributed by atoms with van der Waals surface area (Å²) in [6, 6.07) is 13.2. The predicted molar refractivity (Wildman–Crippen MR) is 117 cm³/mol. The number of allylic oxidation sites excluding steroid dienone is 1. The summed E-state index contributed by atoms with van der Waals surface area (Å²) in [5.41, 5.74) is 2.38.